The molecule has 3 aromatic rings. The molecular formula is C17H14F3NO. The lowest BCUT2D eigenvalue weighted by atomic mass is 10.1. The van der Waals surface area contributed by atoms with Gasteiger partial charge in [0, 0.05) is 18.3 Å². The van der Waals surface area contributed by atoms with Gasteiger partial charge in [-0.1, -0.05) is 30.3 Å². The van der Waals surface area contributed by atoms with Crippen molar-refractivity contribution in [1.82, 2.24) is 4.57 Å². The number of halogens is 3. The molecular weight excluding hydrogens is 291 g/mol. The Kier molecular flexibility index (Phi) is 3.66. The molecule has 0 atom stereocenters. The molecule has 3 rings (SSSR count). The second kappa shape index (κ2) is 5.50. The standard InChI is InChI=1S/C17H14F3NO/c18-17(19,20)15-6-4-12(5-7-15)10-21-9-8-13-2-1-3-14(11-22)16(13)21/h1-9,22H,10-11H2. The van der Waals surface area contributed by atoms with Crippen LogP contribution in [0.25, 0.3) is 10.9 Å². The van der Waals surface area contributed by atoms with E-state index in [9.17, 15) is 18.3 Å². The van der Waals surface area contributed by atoms with Gasteiger partial charge < -0.3 is 9.67 Å². The average Bonchev–Trinajstić information content (AvgIpc) is 2.90. The molecule has 5 heteroatoms. The third-order valence-electron chi connectivity index (χ3n) is 3.68. The molecule has 2 aromatic carbocycles. The van der Waals surface area contributed by atoms with Crippen molar-refractivity contribution in [3.8, 4) is 0 Å². The van der Waals surface area contributed by atoms with Gasteiger partial charge in [-0.05, 0) is 29.1 Å². The highest BCUT2D eigenvalue weighted by Gasteiger charge is 2.29. The number of benzene rings is 2. The van der Waals surface area contributed by atoms with E-state index in [1.165, 1.54) is 12.1 Å². The Morgan fingerprint density at radius 2 is 1.68 bits per heavy atom. The van der Waals surface area contributed by atoms with Gasteiger partial charge in [-0.25, -0.2) is 0 Å². The molecule has 114 valence electrons. The van der Waals surface area contributed by atoms with E-state index in [4.69, 9.17) is 0 Å². The van der Waals surface area contributed by atoms with Crippen LogP contribution in [-0.4, -0.2) is 9.67 Å². The van der Waals surface area contributed by atoms with Crippen LogP contribution >= 0.6 is 0 Å². The summed E-state index contributed by atoms with van der Waals surface area (Å²) in [5.74, 6) is 0. The summed E-state index contributed by atoms with van der Waals surface area (Å²) in [6.45, 7) is 0.382. The first-order valence-electron chi connectivity index (χ1n) is 6.83. The first-order valence-corrected chi connectivity index (χ1v) is 6.83. The van der Waals surface area contributed by atoms with Crippen molar-refractivity contribution in [2.45, 2.75) is 19.3 Å². The summed E-state index contributed by atoms with van der Waals surface area (Å²) >= 11 is 0. The lowest BCUT2D eigenvalue weighted by molar-refractivity contribution is -0.137. The predicted octanol–water partition coefficient (Wildman–Crippen LogP) is 4.20. The minimum atomic E-state index is -4.32. The number of rotatable bonds is 3. The van der Waals surface area contributed by atoms with Crippen molar-refractivity contribution in [3.05, 3.63) is 71.4 Å². The minimum Gasteiger partial charge on any atom is -0.392 e. The zero-order chi connectivity index (χ0) is 15.7. The molecule has 2 nitrogen and oxygen atoms in total. The predicted molar refractivity (Wildman–Crippen MR) is 78.4 cm³/mol. The number of hydrogen-bond acceptors (Lipinski definition) is 1. The van der Waals surface area contributed by atoms with Gasteiger partial charge in [-0.3, -0.25) is 0 Å². The molecule has 0 aliphatic rings. The van der Waals surface area contributed by atoms with Gasteiger partial charge in [0.05, 0.1) is 17.7 Å². The number of alkyl halides is 3. The van der Waals surface area contributed by atoms with E-state index < -0.39 is 11.7 Å². The summed E-state index contributed by atoms with van der Waals surface area (Å²) in [6, 6.07) is 12.7. The van der Waals surface area contributed by atoms with E-state index in [-0.39, 0.29) is 6.61 Å². The van der Waals surface area contributed by atoms with Crippen LogP contribution in [0.1, 0.15) is 16.7 Å². The maximum absolute atomic E-state index is 12.6. The molecule has 0 radical (unpaired) electrons. The van der Waals surface area contributed by atoms with E-state index >= 15 is 0 Å². The van der Waals surface area contributed by atoms with Crippen molar-refractivity contribution in [2.75, 3.05) is 0 Å². The lowest BCUT2D eigenvalue weighted by Gasteiger charge is -2.10. The number of aromatic nitrogens is 1. The monoisotopic (exact) mass is 305 g/mol. The number of para-hydroxylation sites is 1. The first kappa shape index (κ1) is 14.7. The number of fused-ring (bicyclic) bond motifs is 1. The van der Waals surface area contributed by atoms with Crippen molar-refractivity contribution < 1.29 is 18.3 Å². The third kappa shape index (κ3) is 2.72. The van der Waals surface area contributed by atoms with Crippen molar-refractivity contribution in [1.29, 1.82) is 0 Å². The molecule has 0 bridgehead atoms. The van der Waals surface area contributed by atoms with Gasteiger partial charge >= 0.3 is 6.18 Å². The molecule has 0 saturated heterocycles. The molecule has 0 aliphatic heterocycles. The second-order valence-electron chi connectivity index (χ2n) is 5.15. The Labute approximate surface area is 125 Å². The van der Waals surface area contributed by atoms with E-state index in [0.29, 0.717) is 6.54 Å². The summed E-state index contributed by atoms with van der Waals surface area (Å²) in [4.78, 5) is 0. The highest BCUT2D eigenvalue weighted by molar-refractivity contribution is 5.83. The number of hydrogen-bond donors (Lipinski definition) is 1. The zero-order valence-electron chi connectivity index (χ0n) is 11.6. The third-order valence-corrected chi connectivity index (χ3v) is 3.68. The molecule has 0 aliphatic carbocycles. The number of nitrogens with zero attached hydrogens (tertiary/aromatic N) is 1. The number of aliphatic hydroxyl groups is 1. The summed E-state index contributed by atoms with van der Waals surface area (Å²) in [7, 11) is 0. The van der Waals surface area contributed by atoms with E-state index in [2.05, 4.69) is 0 Å². The highest BCUT2D eigenvalue weighted by atomic mass is 19.4. The Hall–Kier alpha value is -2.27. The van der Waals surface area contributed by atoms with Crippen molar-refractivity contribution >= 4 is 10.9 Å². The van der Waals surface area contributed by atoms with Crippen LogP contribution in [0.2, 0.25) is 0 Å². The van der Waals surface area contributed by atoms with Crippen LogP contribution in [0.3, 0.4) is 0 Å². The molecule has 0 fully saturated rings. The highest BCUT2D eigenvalue weighted by Crippen LogP contribution is 2.29. The summed E-state index contributed by atoms with van der Waals surface area (Å²) in [5.41, 5.74) is 1.84. The molecule has 22 heavy (non-hydrogen) atoms. The van der Waals surface area contributed by atoms with Gasteiger partial charge in [0.25, 0.3) is 0 Å². The Bertz CT molecular complexity index is 788. The van der Waals surface area contributed by atoms with Crippen molar-refractivity contribution in [3.63, 3.8) is 0 Å². The maximum atomic E-state index is 12.6. The molecule has 0 spiro atoms. The fourth-order valence-electron chi connectivity index (χ4n) is 2.60. The van der Waals surface area contributed by atoms with E-state index in [0.717, 1.165) is 34.2 Å². The molecule has 1 aromatic heterocycles. The van der Waals surface area contributed by atoms with Crippen LogP contribution in [0, 0.1) is 0 Å². The quantitative estimate of drug-likeness (QED) is 0.771. The van der Waals surface area contributed by atoms with Gasteiger partial charge in [0.2, 0.25) is 0 Å². The van der Waals surface area contributed by atoms with Crippen LogP contribution in [0.15, 0.2) is 54.7 Å². The SMILES string of the molecule is OCc1cccc2ccn(Cc3ccc(C(F)(F)F)cc3)c12. The smallest absolute Gasteiger partial charge is 0.392 e. The zero-order valence-corrected chi connectivity index (χ0v) is 11.6. The molecule has 1 N–H and O–H groups in total. The number of aliphatic hydroxyl groups excluding tert-OH is 1. The van der Waals surface area contributed by atoms with Crippen LogP contribution in [0.4, 0.5) is 13.2 Å². The van der Waals surface area contributed by atoms with Crippen LogP contribution < -0.4 is 0 Å². The Balaban J connectivity index is 1.93. The minimum absolute atomic E-state index is 0.0750. The Morgan fingerprint density at radius 3 is 2.32 bits per heavy atom. The average molecular weight is 305 g/mol. The van der Waals surface area contributed by atoms with Gasteiger partial charge in [0.1, 0.15) is 0 Å². The Morgan fingerprint density at radius 1 is 0.955 bits per heavy atom. The van der Waals surface area contributed by atoms with Crippen LogP contribution in [0.5, 0.6) is 0 Å². The molecule has 0 amide bonds. The van der Waals surface area contributed by atoms with Crippen molar-refractivity contribution in [2.24, 2.45) is 0 Å². The van der Waals surface area contributed by atoms with Gasteiger partial charge in [-0.15, -0.1) is 0 Å². The second-order valence-corrected chi connectivity index (χ2v) is 5.15. The fourth-order valence-corrected chi connectivity index (χ4v) is 2.60. The first-order chi connectivity index (χ1) is 10.5. The van der Waals surface area contributed by atoms with Gasteiger partial charge in [-0.2, -0.15) is 13.2 Å². The normalized spacial score (nSPS) is 12.0. The van der Waals surface area contributed by atoms with Crippen LogP contribution in [-0.2, 0) is 19.3 Å². The van der Waals surface area contributed by atoms with E-state index in [1.807, 2.05) is 35.0 Å². The van der Waals surface area contributed by atoms with E-state index in [1.54, 1.807) is 0 Å². The largest absolute Gasteiger partial charge is 0.416 e. The molecule has 0 unspecified atom stereocenters. The summed E-state index contributed by atoms with van der Waals surface area (Å²) < 4.78 is 39.6. The summed E-state index contributed by atoms with van der Waals surface area (Å²) in [6.07, 6.45) is -2.44. The summed E-state index contributed by atoms with van der Waals surface area (Å²) in [5, 5.41) is 10.4. The maximum Gasteiger partial charge on any atom is 0.416 e. The molecule has 1 heterocycles. The van der Waals surface area contributed by atoms with Gasteiger partial charge in [0.15, 0.2) is 0 Å². The topological polar surface area (TPSA) is 25.2 Å². The lowest BCUT2D eigenvalue weighted by Crippen LogP contribution is -2.05. The fraction of sp³-hybridized carbons (Fsp3) is 0.176. The molecule has 0 saturated carbocycles.